The molecule has 4 heteroatoms. The largest absolute Gasteiger partial charge is 0.314 e. The maximum absolute atomic E-state index is 5.95. The molecule has 0 saturated carbocycles. The van der Waals surface area contributed by atoms with Crippen LogP contribution in [-0.4, -0.2) is 17.6 Å². The average molecular weight is 309 g/mol. The van der Waals surface area contributed by atoms with Gasteiger partial charge in [0.2, 0.25) is 0 Å². The molecule has 0 amide bonds. The molecule has 2 nitrogen and oxygen atoms in total. The maximum Gasteiger partial charge on any atom is 0.0794 e. The standard InChI is InChI=1S/C16H21ClN2S/c1-12(2)19-9-14(8-16-10-18-11-20-16)7-13-3-5-15(17)6-4-13/h3-6,10-12,14,19H,7-9H2,1-2H3. The van der Waals surface area contributed by atoms with Crippen LogP contribution in [0.2, 0.25) is 5.02 Å². The fourth-order valence-corrected chi connectivity index (χ4v) is 3.04. The van der Waals surface area contributed by atoms with Crippen molar-refractivity contribution in [1.82, 2.24) is 10.3 Å². The average Bonchev–Trinajstić information content (AvgIpc) is 2.91. The molecule has 0 spiro atoms. The Kier molecular flexibility index (Phi) is 6.02. The van der Waals surface area contributed by atoms with E-state index in [1.165, 1.54) is 10.4 Å². The summed E-state index contributed by atoms with van der Waals surface area (Å²) in [6.45, 7) is 5.40. The lowest BCUT2D eigenvalue weighted by Gasteiger charge is -2.19. The van der Waals surface area contributed by atoms with E-state index in [0.29, 0.717) is 12.0 Å². The number of nitrogens with one attached hydrogen (secondary N) is 1. The molecule has 2 rings (SSSR count). The molecule has 1 heterocycles. The Balaban J connectivity index is 1.99. The number of aromatic nitrogens is 1. The topological polar surface area (TPSA) is 24.9 Å². The highest BCUT2D eigenvalue weighted by atomic mass is 35.5. The molecule has 2 aromatic rings. The molecular formula is C16H21ClN2S. The molecular weight excluding hydrogens is 288 g/mol. The van der Waals surface area contributed by atoms with Crippen LogP contribution in [0, 0.1) is 5.92 Å². The zero-order chi connectivity index (χ0) is 14.4. The molecule has 0 aliphatic heterocycles. The second-order valence-corrected chi connectivity index (χ2v) is 6.84. The van der Waals surface area contributed by atoms with E-state index in [9.17, 15) is 0 Å². The molecule has 0 bridgehead atoms. The van der Waals surface area contributed by atoms with Crippen LogP contribution in [0.4, 0.5) is 0 Å². The van der Waals surface area contributed by atoms with Gasteiger partial charge in [-0.2, -0.15) is 0 Å². The van der Waals surface area contributed by atoms with E-state index >= 15 is 0 Å². The van der Waals surface area contributed by atoms with Gasteiger partial charge in [-0.3, -0.25) is 4.98 Å². The number of halogens is 1. The number of hydrogen-bond acceptors (Lipinski definition) is 3. The SMILES string of the molecule is CC(C)NCC(Cc1ccc(Cl)cc1)Cc1cncs1. The lowest BCUT2D eigenvalue weighted by Crippen LogP contribution is -2.30. The summed E-state index contributed by atoms with van der Waals surface area (Å²) in [6.07, 6.45) is 4.12. The van der Waals surface area contributed by atoms with Crippen molar-refractivity contribution in [2.45, 2.75) is 32.7 Å². The zero-order valence-corrected chi connectivity index (χ0v) is 13.5. The zero-order valence-electron chi connectivity index (χ0n) is 12.0. The summed E-state index contributed by atoms with van der Waals surface area (Å²) in [5.74, 6) is 0.582. The van der Waals surface area contributed by atoms with E-state index in [1.54, 1.807) is 11.3 Å². The van der Waals surface area contributed by atoms with Crippen LogP contribution in [0.15, 0.2) is 36.0 Å². The summed E-state index contributed by atoms with van der Waals surface area (Å²) in [5.41, 5.74) is 3.25. The van der Waals surface area contributed by atoms with Crippen molar-refractivity contribution in [2.24, 2.45) is 5.92 Å². The molecule has 0 aliphatic carbocycles. The number of rotatable bonds is 7. The van der Waals surface area contributed by atoms with E-state index in [-0.39, 0.29) is 0 Å². The predicted octanol–water partition coefficient (Wildman–Crippen LogP) is 4.20. The van der Waals surface area contributed by atoms with Crippen molar-refractivity contribution in [3.05, 3.63) is 51.4 Å². The quantitative estimate of drug-likeness (QED) is 0.829. The Labute approximate surface area is 130 Å². The molecule has 0 radical (unpaired) electrons. The number of thiazole rings is 1. The Morgan fingerprint density at radius 3 is 2.55 bits per heavy atom. The second kappa shape index (κ2) is 7.77. The molecule has 1 N–H and O–H groups in total. The minimum absolute atomic E-state index is 0.518. The van der Waals surface area contributed by atoms with Crippen molar-refractivity contribution in [2.75, 3.05) is 6.54 Å². The molecule has 0 fully saturated rings. The van der Waals surface area contributed by atoms with Crippen molar-refractivity contribution < 1.29 is 0 Å². The fourth-order valence-electron chi connectivity index (χ4n) is 2.20. The first kappa shape index (κ1) is 15.5. The molecule has 1 atom stereocenters. The van der Waals surface area contributed by atoms with Crippen LogP contribution >= 0.6 is 22.9 Å². The Hall–Kier alpha value is -0.900. The molecule has 1 unspecified atom stereocenters. The molecule has 1 aromatic carbocycles. The normalized spacial score (nSPS) is 12.8. The Morgan fingerprint density at radius 1 is 1.20 bits per heavy atom. The maximum atomic E-state index is 5.95. The fraction of sp³-hybridized carbons (Fsp3) is 0.438. The van der Waals surface area contributed by atoms with Crippen molar-refractivity contribution in [3.8, 4) is 0 Å². The predicted molar refractivity (Wildman–Crippen MR) is 87.6 cm³/mol. The summed E-state index contributed by atoms with van der Waals surface area (Å²) in [4.78, 5) is 5.53. The molecule has 20 heavy (non-hydrogen) atoms. The van der Waals surface area contributed by atoms with Crippen LogP contribution in [0.5, 0.6) is 0 Å². The van der Waals surface area contributed by atoms with Gasteiger partial charge in [-0.1, -0.05) is 37.6 Å². The van der Waals surface area contributed by atoms with E-state index in [1.807, 2.05) is 23.8 Å². The van der Waals surface area contributed by atoms with Crippen LogP contribution in [0.1, 0.15) is 24.3 Å². The highest BCUT2D eigenvalue weighted by molar-refractivity contribution is 7.09. The van der Waals surface area contributed by atoms with E-state index in [2.05, 4.69) is 36.3 Å². The Morgan fingerprint density at radius 2 is 1.95 bits per heavy atom. The van der Waals surface area contributed by atoms with Gasteiger partial charge < -0.3 is 5.32 Å². The highest BCUT2D eigenvalue weighted by Gasteiger charge is 2.12. The van der Waals surface area contributed by atoms with Gasteiger partial charge in [0.1, 0.15) is 0 Å². The third kappa shape index (κ3) is 5.23. The van der Waals surface area contributed by atoms with Crippen molar-refractivity contribution in [3.63, 3.8) is 0 Å². The Bertz CT molecular complexity index is 494. The molecule has 0 saturated heterocycles. The molecule has 0 aliphatic rings. The monoisotopic (exact) mass is 308 g/mol. The van der Waals surface area contributed by atoms with E-state index in [4.69, 9.17) is 11.6 Å². The van der Waals surface area contributed by atoms with Gasteiger partial charge in [0.25, 0.3) is 0 Å². The third-order valence-corrected chi connectivity index (χ3v) is 4.28. The van der Waals surface area contributed by atoms with Crippen LogP contribution < -0.4 is 5.32 Å². The molecule has 108 valence electrons. The number of nitrogens with zero attached hydrogens (tertiary/aromatic N) is 1. The van der Waals surface area contributed by atoms with Crippen LogP contribution in [0.25, 0.3) is 0 Å². The van der Waals surface area contributed by atoms with Crippen LogP contribution in [0.3, 0.4) is 0 Å². The van der Waals surface area contributed by atoms with Crippen molar-refractivity contribution in [1.29, 1.82) is 0 Å². The first-order chi connectivity index (χ1) is 9.63. The highest BCUT2D eigenvalue weighted by Crippen LogP contribution is 2.18. The summed E-state index contributed by atoms with van der Waals surface area (Å²) < 4.78 is 0. The van der Waals surface area contributed by atoms with Gasteiger partial charge in [0, 0.05) is 22.1 Å². The second-order valence-electron chi connectivity index (χ2n) is 5.43. The van der Waals surface area contributed by atoms with Crippen LogP contribution in [-0.2, 0) is 12.8 Å². The summed E-state index contributed by atoms with van der Waals surface area (Å²) in [7, 11) is 0. The first-order valence-corrected chi connectivity index (χ1v) is 8.24. The number of benzene rings is 1. The lowest BCUT2D eigenvalue weighted by molar-refractivity contribution is 0.446. The smallest absolute Gasteiger partial charge is 0.0794 e. The lowest BCUT2D eigenvalue weighted by atomic mass is 9.95. The van der Waals surface area contributed by atoms with E-state index < -0.39 is 0 Å². The van der Waals surface area contributed by atoms with Gasteiger partial charge in [-0.05, 0) is 43.0 Å². The van der Waals surface area contributed by atoms with Crippen molar-refractivity contribution >= 4 is 22.9 Å². The summed E-state index contributed by atoms with van der Waals surface area (Å²) in [6, 6.07) is 8.70. The van der Waals surface area contributed by atoms with Gasteiger partial charge >= 0.3 is 0 Å². The van der Waals surface area contributed by atoms with E-state index in [0.717, 1.165) is 24.4 Å². The van der Waals surface area contributed by atoms with Gasteiger partial charge in [0.05, 0.1) is 5.51 Å². The minimum Gasteiger partial charge on any atom is -0.314 e. The minimum atomic E-state index is 0.518. The van der Waals surface area contributed by atoms with Gasteiger partial charge in [-0.25, -0.2) is 0 Å². The summed E-state index contributed by atoms with van der Waals surface area (Å²) in [5, 5.41) is 4.35. The summed E-state index contributed by atoms with van der Waals surface area (Å²) >= 11 is 7.69. The third-order valence-electron chi connectivity index (χ3n) is 3.23. The van der Waals surface area contributed by atoms with Gasteiger partial charge in [-0.15, -0.1) is 11.3 Å². The molecule has 1 aromatic heterocycles. The van der Waals surface area contributed by atoms with Gasteiger partial charge in [0.15, 0.2) is 0 Å². The number of hydrogen-bond donors (Lipinski definition) is 1. The first-order valence-electron chi connectivity index (χ1n) is 6.98.